The predicted octanol–water partition coefficient (Wildman–Crippen LogP) is 2.51. The summed E-state index contributed by atoms with van der Waals surface area (Å²) < 4.78 is 1.18. The molecular weight excluding hydrogens is 351 g/mol. The van der Waals surface area contributed by atoms with Gasteiger partial charge in [-0.3, -0.25) is 14.2 Å². The molecule has 1 saturated carbocycles. The fourth-order valence-electron chi connectivity index (χ4n) is 2.67. The Kier molecular flexibility index (Phi) is 4.24. The van der Waals surface area contributed by atoms with Crippen LogP contribution in [0.3, 0.4) is 0 Å². The lowest BCUT2D eigenvalue weighted by molar-refractivity contribution is -0.123. The lowest BCUT2D eigenvalue weighted by Crippen LogP contribution is -2.48. The maximum atomic E-state index is 12.5. The topological polar surface area (TPSA) is 87.8 Å². The molecule has 1 amide bonds. The summed E-state index contributed by atoms with van der Waals surface area (Å²) in [5, 5.41) is 12.8. The number of rotatable bonds is 4. The number of carbonyl (C=O) groups excluding carboxylic acids is 1. The van der Waals surface area contributed by atoms with Crippen molar-refractivity contribution in [1.29, 1.82) is 5.26 Å². The van der Waals surface area contributed by atoms with Crippen molar-refractivity contribution >= 4 is 40.0 Å². The molecule has 1 aliphatic rings. The van der Waals surface area contributed by atoms with Crippen molar-refractivity contribution in [3.63, 3.8) is 0 Å². The first-order valence-corrected chi connectivity index (χ1v) is 8.16. The quantitative estimate of drug-likeness (QED) is 0.902. The Morgan fingerprint density at radius 1 is 1.50 bits per heavy atom. The molecule has 8 heteroatoms. The number of nitrogens with one attached hydrogen (secondary N) is 1. The van der Waals surface area contributed by atoms with Crippen molar-refractivity contribution in [1.82, 2.24) is 14.9 Å². The summed E-state index contributed by atoms with van der Waals surface area (Å²) in [5.74, 6) is -0.252. The third-order valence-electron chi connectivity index (χ3n) is 4.18. The number of aromatic nitrogens is 2. The van der Waals surface area contributed by atoms with E-state index in [1.165, 1.54) is 23.0 Å². The molecule has 1 N–H and O–H groups in total. The molecule has 0 bridgehead atoms. The highest BCUT2D eigenvalue weighted by Crippen LogP contribution is 2.39. The second kappa shape index (κ2) is 6.08. The van der Waals surface area contributed by atoms with Crippen molar-refractivity contribution in [2.24, 2.45) is 5.92 Å². The summed E-state index contributed by atoms with van der Waals surface area (Å²) in [4.78, 5) is 28.9. The van der Waals surface area contributed by atoms with Gasteiger partial charge in [0.1, 0.15) is 12.1 Å². The fraction of sp³-hybridized carbons (Fsp3) is 0.375. The molecule has 0 spiro atoms. The summed E-state index contributed by atoms with van der Waals surface area (Å²) in [5.41, 5.74) is -0.982. The molecule has 3 rings (SSSR count). The minimum atomic E-state index is -0.905. The van der Waals surface area contributed by atoms with Gasteiger partial charge in [-0.2, -0.15) is 5.26 Å². The first kappa shape index (κ1) is 16.7. The van der Waals surface area contributed by atoms with E-state index >= 15 is 0 Å². The van der Waals surface area contributed by atoms with Crippen molar-refractivity contribution in [2.75, 3.05) is 0 Å². The maximum Gasteiger partial charge on any atom is 0.261 e. The lowest BCUT2D eigenvalue weighted by Gasteiger charge is -2.23. The minimum Gasteiger partial charge on any atom is -0.336 e. The molecule has 24 heavy (non-hydrogen) atoms. The van der Waals surface area contributed by atoms with Crippen molar-refractivity contribution < 1.29 is 4.79 Å². The Hall–Kier alpha value is -2.10. The predicted molar refractivity (Wildman–Crippen MR) is 90.9 cm³/mol. The van der Waals surface area contributed by atoms with Crippen LogP contribution in [-0.2, 0) is 11.3 Å². The molecule has 2 aromatic rings. The van der Waals surface area contributed by atoms with Gasteiger partial charge in [0.2, 0.25) is 5.91 Å². The van der Waals surface area contributed by atoms with Crippen LogP contribution in [-0.4, -0.2) is 21.0 Å². The van der Waals surface area contributed by atoms with Crippen LogP contribution in [0.2, 0.25) is 10.0 Å². The Labute approximate surface area is 148 Å². The summed E-state index contributed by atoms with van der Waals surface area (Å²) in [6.07, 6.45) is 3.10. The number of amides is 1. The molecule has 124 valence electrons. The molecule has 6 nitrogen and oxygen atoms in total. The van der Waals surface area contributed by atoms with Crippen molar-refractivity contribution in [3.8, 4) is 6.07 Å². The highest BCUT2D eigenvalue weighted by atomic mass is 35.5. The summed E-state index contributed by atoms with van der Waals surface area (Å²) in [7, 11) is 0. The zero-order valence-electron chi connectivity index (χ0n) is 12.8. The molecular formula is C16H14Cl2N4O2. The smallest absolute Gasteiger partial charge is 0.261 e. The van der Waals surface area contributed by atoms with Crippen LogP contribution in [0.4, 0.5) is 0 Å². The SMILES string of the molecule is CC(C#N)(NC(=O)Cn1cnc2c(Cl)cc(Cl)cc2c1=O)C1CC1. The van der Waals surface area contributed by atoms with Gasteiger partial charge in [0.25, 0.3) is 5.56 Å². The van der Waals surface area contributed by atoms with E-state index in [0.717, 1.165) is 12.8 Å². The largest absolute Gasteiger partial charge is 0.336 e. The molecule has 1 aliphatic carbocycles. The molecule has 1 aromatic carbocycles. The van der Waals surface area contributed by atoms with Gasteiger partial charge >= 0.3 is 0 Å². The summed E-state index contributed by atoms with van der Waals surface area (Å²) >= 11 is 12.0. The Morgan fingerprint density at radius 2 is 2.21 bits per heavy atom. The van der Waals surface area contributed by atoms with Crippen LogP contribution in [0, 0.1) is 17.2 Å². The molecule has 1 fully saturated rings. The molecule has 1 unspecified atom stereocenters. The van der Waals surface area contributed by atoms with E-state index in [1.54, 1.807) is 6.92 Å². The average molecular weight is 365 g/mol. The van der Waals surface area contributed by atoms with E-state index in [4.69, 9.17) is 23.2 Å². The third-order valence-corrected chi connectivity index (χ3v) is 4.69. The first-order chi connectivity index (χ1) is 11.3. The number of hydrogen-bond acceptors (Lipinski definition) is 4. The van der Waals surface area contributed by atoms with Crippen LogP contribution in [0.15, 0.2) is 23.3 Å². The van der Waals surface area contributed by atoms with E-state index < -0.39 is 17.0 Å². The molecule has 0 aliphatic heterocycles. The van der Waals surface area contributed by atoms with E-state index in [2.05, 4.69) is 16.4 Å². The van der Waals surface area contributed by atoms with Gasteiger partial charge in [-0.1, -0.05) is 23.2 Å². The van der Waals surface area contributed by atoms with E-state index in [9.17, 15) is 14.9 Å². The van der Waals surface area contributed by atoms with Crippen LogP contribution in [0.5, 0.6) is 0 Å². The fourth-order valence-corrected chi connectivity index (χ4v) is 3.22. The number of nitriles is 1. The molecule has 1 heterocycles. The summed E-state index contributed by atoms with van der Waals surface area (Å²) in [6.45, 7) is 1.47. The van der Waals surface area contributed by atoms with Crippen molar-refractivity contribution in [2.45, 2.75) is 31.8 Å². The number of halogens is 2. The highest BCUT2D eigenvalue weighted by Gasteiger charge is 2.43. The zero-order chi connectivity index (χ0) is 17.5. The normalized spacial score (nSPS) is 16.4. The van der Waals surface area contributed by atoms with E-state index in [-0.39, 0.29) is 22.9 Å². The first-order valence-electron chi connectivity index (χ1n) is 7.40. The van der Waals surface area contributed by atoms with Gasteiger partial charge in [-0.15, -0.1) is 0 Å². The standard InChI is InChI=1S/C16H14Cl2N4O2/c1-16(7-19,9-2-3-9)21-13(23)6-22-8-20-14-11(15(22)24)4-10(17)5-12(14)18/h4-5,8-9H,2-3,6H2,1H3,(H,21,23). The number of carbonyl (C=O) groups is 1. The third kappa shape index (κ3) is 3.10. The Morgan fingerprint density at radius 3 is 2.83 bits per heavy atom. The van der Waals surface area contributed by atoms with Crippen LogP contribution in [0.25, 0.3) is 10.9 Å². The zero-order valence-corrected chi connectivity index (χ0v) is 14.4. The molecule has 0 radical (unpaired) electrons. The van der Waals surface area contributed by atoms with Crippen LogP contribution < -0.4 is 10.9 Å². The van der Waals surface area contributed by atoms with Gasteiger partial charge in [-0.25, -0.2) is 4.98 Å². The van der Waals surface area contributed by atoms with E-state index in [0.29, 0.717) is 10.5 Å². The Balaban J connectivity index is 1.88. The molecule has 1 aromatic heterocycles. The van der Waals surface area contributed by atoms with Gasteiger partial charge < -0.3 is 5.32 Å². The summed E-state index contributed by atoms with van der Waals surface area (Å²) in [6, 6.07) is 5.12. The second-order valence-corrected chi connectivity index (χ2v) is 6.94. The van der Waals surface area contributed by atoms with Gasteiger partial charge in [0.15, 0.2) is 0 Å². The maximum absolute atomic E-state index is 12.5. The monoisotopic (exact) mass is 364 g/mol. The van der Waals surface area contributed by atoms with Crippen molar-refractivity contribution in [3.05, 3.63) is 38.9 Å². The molecule has 0 saturated heterocycles. The highest BCUT2D eigenvalue weighted by molar-refractivity contribution is 6.38. The number of nitrogens with zero attached hydrogens (tertiary/aromatic N) is 3. The molecule has 1 atom stereocenters. The average Bonchev–Trinajstić information content (AvgIpc) is 3.35. The van der Waals surface area contributed by atoms with Crippen LogP contribution in [0.1, 0.15) is 19.8 Å². The minimum absolute atomic E-state index is 0.163. The van der Waals surface area contributed by atoms with Gasteiger partial charge in [0.05, 0.1) is 28.3 Å². The van der Waals surface area contributed by atoms with E-state index in [1.807, 2.05) is 0 Å². The van der Waals surface area contributed by atoms with Crippen LogP contribution >= 0.6 is 23.2 Å². The van der Waals surface area contributed by atoms with Gasteiger partial charge in [-0.05, 0) is 37.8 Å². The lowest BCUT2D eigenvalue weighted by atomic mass is 9.98. The van der Waals surface area contributed by atoms with Gasteiger partial charge in [0, 0.05) is 5.02 Å². The number of fused-ring (bicyclic) bond motifs is 1. The number of benzene rings is 1. The Bertz CT molecular complexity index is 930. The second-order valence-electron chi connectivity index (χ2n) is 6.10. The number of hydrogen-bond donors (Lipinski definition) is 1.